The van der Waals surface area contributed by atoms with Crippen molar-refractivity contribution in [1.82, 2.24) is 4.90 Å². The summed E-state index contributed by atoms with van der Waals surface area (Å²) in [5.74, 6) is 4.07. The van der Waals surface area contributed by atoms with Gasteiger partial charge in [0.1, 0.15) is 11.9 Å². The molecule has 21 heavy (non-hydrogen) atoms. The van der Waals surface area contributed by atoms with Crippen molar-refractivity contribution >= 4 is 11.8 Å². The van der Waals surface area contributed by atoms with Crippen LogP contribution in [0.5, 0.6) is 5.75 Å². The number of benzene rings is 1. The molecule has 0 aliphatic carbocycles. The monoisotopic (exact) mass is 306 g/mol. The Balaban J connectivity index is 1.68. The zero-order valence-electron chi connectivity index (χ0n) is 12.8. The molecule has 3 nitrogen and oxygen atoms in total. The van der Waals surface area contributed by atoms with Gasteiger partial charge in [0.05, 0.1) is 0 Å². The lowest BCUT2D eigenvalue weighted by Crippen LogP contribution is -2.23. The lowest BCUT2D eigenvalue weighted by Gasteiger charge is -2.24. The first-order valence-electron chi connectivity index (χ1n) is 8.01. The SMILES string of the molecule is CN1CC(CN)CC1c1cccc(OC2CCCSC2)c1. The van der Waals surface area contributed by atoms with E-state index in [-0.39, 0.29) is 0 Å². The largest absolute Gasteiger partial charge is 0.490 e. The van der Waals surface area contributed by atoms with Gasteiger partial charge in [0.15, 0.2) is 0 Å². The van der Waals surface area contributed by atoms with Crippen LogP contribution < -0.4 is 10.5 Å². The van der Waals surface area contributed by atoms with E-state index in [0.717, 1.165) is 31.0 Å². The lowest BCUT2D eigenvalue weighted by molar-refractivity contribution is 0.210. The fourth-order valence-corrected chi connectivity index (χ4v) is 4.49. The molecule has 3 rings (SSSR count). The van der Waals surface area contributed by atoms with Crippen LogP contribution in [0, 0.1) is 5.92 Å². The third-order valence-corrected chi connectivity index (χ3v) is 5.82. The highest BCUT2D eigenvalue weighted by Gasteiger charge is 2.29. The molecule has 0 aromatic heterocycles. The van der Waals surface area contributed by atoms with E-state index in [2.05, 4.69) is 36.2 Å². The standard InChI is InChI=1S/C17H26N2OS/c1-19-11-13(10-18)8-17(19)14-4-2-5-15(9-14)20-16-6-3-7-21-12-16/h2,4-5,9,13,16-17H,3,6-8,10-12,18H2,1H3. The fraction of sp³-hybridized carbons (Fsp3) is 0.647. The maximum absolute atomic E-state index is 6.18. The number of nitrogens with two attached hydrogens (primary N) is 1. The number of hydrogen-bond acceptors (Lipinski definition) is 4. The van der Waals surface area contributed by atoms with Crippen LogP contribution in [0.2, 0.25) is 0 Å². The molecular weight excluding hydrogens is 280 g/mol. The normalized spacial score (nSPS) is 30.5. The molecule has 116 valence electrons. The van der Waals surface area contributed by atoms with Gasteiger partial charge in [-0.1, -0.05) is 12.1 Å². The van der Waals surface area contributed by atoms with Gasteiger partial charge >= 0.3 is 0 Å². The third kappa shape index (κ3) is 3.74. The molecule has 0 saturated carbocycles. The molecule has 1 aromatic carbocycles. The van der Waals surface area contributed by atoms with Crippen LogP contribution >= 0.6 is 11.8 Å². The molecule has 2 heterocycles. The van der Waals surface area contributed by atoms with Gasteiger partial charge in [0.2, 0.25) is 0 Å². The van der Waals surface area contributed by atoms with Crippen molar-refractivity contribution < 1.29 is 4.74 Å². The van der Waals surface area contributed by atoms with Crippen LogP contribution in [0.15, 0.2) is 24.3 Å². The van der Waals surface area contributed by atoms with E-state index < -0.39 is 0 Å². The molecule has 3 unspecified atom stereocenters. The highest BCUT2D eigenvalue weighted by atomic mass is 32.2. The molecule has 2 saturated heterocycles. The summed E-state index contributed by atoms with van der Waals surface area (Å²) in [6.45, 7) is 1.89. The van der Waals surface area contributed by atoms with Crippen molar-refractivity contribution in [2.24, 2.45) is 11.7 Å². The second-order valence-corrected chi connectivity index (χ2v) is 7.47. The molecule has 0 amide bonds. The molecule has 3 atom stereocenters. The molecule has 0 radical (unpaired) electrons. The van der Waals surface area contributed by atoms with Crippen LogP contribution in [0.1, 0.15) is 30.9 Å². The first-order valence-corrected chi connectivity index (χ1v) is 9.16. The van der Waals surface area contributed by atoms with E-state index in [1.165, 1.54) is 24.2 Å². The van der Waals surface area contributed by atoms with Gasteiger partial charge in [0.25, 0.3) is 0 Å². The van der Waals surface area contributed by atoms with Crippen molar-refractivity contribution in [2.75, 3.05) is 31.6 Å². The molecular formula is C17H26N2OS. The Kier molecular flexibility index (Phi) is 5.09. The van der Waals surface area contributed by atoms with Gasteiger partial charge in [-0.05, 0) is 62.2 Å². The number of likely N-dealkylation sites (tertiary alicyclic amines) is 1. The summed E-state index contributed by atoms with van der Waals surface area (Å²) in [5.41, 5.74) is 7.21. The van der Waals surface area contributed by atoms with Crippen LogP contribution in [-0.2, 0) is 0 Å². The Bertz CT molecular complexity index is 462. The third-order valence-electron chi connectivity index (χ3n) is 4.63. The van der Waals surface area contributed by atoms with Crippen molar-refractivity contribution in [3.8, 4) is 5.75 Å². The lowest BCUT2D eigenvalue weighted by atomic mass is 10.00. The quantitative estimate of drug-likeness (QED) is 0.928. The number of hydrogen-bond donors (Lipinski definition) is 1. The first-order chi connectivity index (χ1) is 10.3. The summed E-state index contributed by atoms with van der Waals surface area (Å²) in [7, 11) is 2.20. The average Bonchev–Trinajstić information content (AvgIpc) is 2.90. The Morgan fingerprint density at radius 1 is 1.43 bits per heavy atom. The minimum atomic E-state index is 0.386. The molecule has 0 bridgehead atoms. The molecule has 2 aliphatic heterocycles. The first kappa shape index (κ1) is 15.2. The van der Waals surface area contributed by atoms with Gasteiger partial charge in [-0.3, -0.25) is 4.90 Å². The minimum absolute atomic E-state index is 0.386. The van der Waals surface area contributed by atoms with E-state index in [4.69, 9.17) is 10.5 Å². The van der Waals surface area contributed by atoms with Gasteiger partial charge in [-0.25, -0.2) is 0 Å². The van der Waals surface area contributed by atoms with Gasteiger partial charge < -0.3 is 10.5 Å². The number of nitrogens with zero attached hydrogens (tertiary/aromatic N) is 1. The average molecular weight is 306 g/mol. The summed E-state index contributed by atoms with van der Waals surface area (Å²) in [5, 5.41) is 0. The summed E-state index contributed by atoms with van der Waals surface area (Å²) >= 11 is 2.01. The molecule has 2 N–H and O–H groups in total. The zero-order chi connectivity index (χ0) is 14.7. The molecule has 1 aromatic rings. The smallest absolute Gasteiger partial charge is 0.120 e. The summed E-state index contributed by atoms with van der Waals surface area (Å²) in [6.07, 6.45) is 4.02. The highest BCUT2D eigenvalue weighted by Crippen LogP contribution is 2.35. The van der Waals surface area contributed by atoms with Gasteiger partial charge in [0, 0.05) is 18.3 Å². The Labute approximate surface area is 132 Å². The maximum atomic E-state index is 6.18. The molecule has 0 spiro atoms. The zero-order valence-corrected chi connectivity index (χ0v) is 13.6. The van der Waals surface area contributed by atoms with Crippen molar-refractivity contribution in [2.45, 2.75) is 31.4 Å². The predicted octanol–water partition coefficient (Wildman–Crippen LogP) is 2.91. The van der Waals surface area contributed by atoms with E-state index >= 15 is 0 Å². The molecule has 2 aliphatic rings. The Morgan fingerprint density at radius 2 is 2.33 bits per heavy atom. The maximum Gasteiger partial charge on any atom is 0.120 e. The second-order valence-electron chi connectivity index (χ2n) is 6.32. The minimum Gasteiger partial charge on any atom is -0.490 e. The van der Waals surface area contributed by atoms with Crippen molar-refractivity contribution in [3.05, 3.63) is 29.8 Å². The van der Waals surface area contributed by atoms with E-state index in [1.807, 2.05) is 11.8 Å². The second kappa shape index (κ2) is 7.03. The topological polar surface area (TPSA) is 38.5 Å². The van der Waals surface area contributed by atoms with Gasteiger partial charge in [-0.2, -0.15) is 11.8 Å². The van der Waals surface area contributed by atoms with Crippen molar-refractivity contribution in [3.63, 3.8) is 0 Å². The summed E-state index contributed by atoms with van der Waals surface area (Å²) < 4.78 is 6.18. The van der Waals surface area contributed by atoms with E-state index in [9.17, 15) is 0 Å². The summed E-state index contributed by atoms with van der Waals surface area (Å²) in [6, 6.07) is 9.17. The van der Waals surface area contributed by atoms with E-state index in [1.54, 1.807) is 0 Å². The number of thioether (sulfide) groups is 1. The molecule has 4 heteroatoms. The van der Waals surface area contributed by atoms with E-state index in [0.29, 0.717) is 18.1 Å². The fourth-order valence-electron chi connectivity index (χ4n) is 3.46. The van der Waals surface area contributed by atoms with Crippen LogP contribution in [-0.4, -0.2) is 42.6 Å². The summed E-state index contributed by atoms with van der Waals surface area (Å²) in [4.78, 5) is 2.42. The Morgan fingerprint density at radius 3 is 3.05 bits per heavy atom. The number of ether oxygens (including phenoxy) is 1. The predicted molar refractivity (Wildman–Crippen MR) is 89.9 cm³/mol. The van der Waals surface area contributed by atoms with Crippen LogP contribution in [0.25, 0.3) is 0 Å². The number of rotatable bonds is 4. The molecule has 2 fully saturated rings. The van der Waals surface area contributed by atoms with Gasteiger partial charge in [-0.15, -0.1) is 0 Å². The van der Waals surface area contributed by atoms with Crippen molar-refractivity contribution in [1.29, 1.82) is 0 Å². The Hall–Kier alpha value is -0.710. The highest BCUT2D eigenvalue weighted by molar-refractivity contribution is 7.99. The van der Waals surface area contributed by atoms with Crippen LogP contribution in [0.4, 0.5) is 0 Å². The van der Waals surface area contributed by atoms with Crippen LogP contribution in [0.3, 0.4) is 0 Å².